The molecule has 0 atom stereocenters. The second kappa shape index (κ2) is 12.6. The monoisotopic (exact) mass is 394 g/mol. The van der Waals surface area contributed by atoms with Crippen molar-refractivity contribution in [2.45, 2.75) is 89.4 Å². The van der Waals surface area contributed by atoms with Crippen LogP contribution in [-0.4, -0.2) is 17.5 Å². The van der Waals surface area contributed by atoms with Gasteiger partial charge < -0.3 is 0 Å². The summed E-state index contributed by atoms with van der Waals surface area (Å²) in [6.07, 6.45) is 19.3. The van der Waals surface area contributed by atoms with E-state index < -0.39 is 0 Å². The van der Waals surface area contributed by atoms with Crippen molar-refractivity contribution in [3.8, 4) is 0 Å². The van der Waals surface area contributed by atoms with Crippen LogP contribution in [-0.2, 0) is 12.7 Å². The minimum atomic E-state index is 0.294. The number of hydrogen-bond donors (Lipinski definition) is 0. The van der Waals surface area contributed by atoms with Crippen LogP contribution in [0.1, 0.15) is 78.1 Å². The maximum atomic E-state index is 4.70. The van der Waals surface area contributed by atoms with Gasteiger partial charge in [-0.05, 0) is 57.0 Å². The van der Waals surface area contributed by atoms with Gasteiger partial charge in [-0.3, -0.25) is 0 Å². The Labute approximate surface area is 147 Å². The third kappa shape index (κ3) is 8.60. The summed E-state index contributed by atoms with van der Waals surface area (Å²) >= 11 is 0.569. The molecule has 2 aliphatic rings. The van der Waals surface area contributed by atoms with E-state index in [1.807, 2.05) is 0 Å². The van der Waals surface area contributed by atoms with Crippen LogP contribution in [0.5, 0.6) is 0 Å². The molecule has 0 N–H and O–H groups in total. The average molecular weight is 396 g/mol. The molecule has 0 aliphatic heterocycles. The summed E-state index contributed by atoms with van der Waals surface area (Å²) in [5, 5.41) is 0. The van der Waals surface area contributed by atoms with Gasteiger partial charge in [0, 0.05) is 0 Å². The molecule has 0 bridgehead atoms. The predicted molar refractivity (Wildman–Crippen MR) is 96.7 cm³/mol. The van der Waals surface area contributed by atoms with Crippen molar-refractivity contribution in [1.82, 2.24) is 0 Å². The number of allylic oxidation sites excluding steroid dienone is 2. The number of hydrogen-bond acceptors (Lipinski definition) is 0. The molecule has 0 radical (unpaired) electrons. The molecule has 0 aromatic carbocycles. The molecule has 2 saturated carbocycles. The van der Waals surface area contributed by atoms with E-state index in [-0.39, 0.29) is 0 Å². The van der Waals surface area contributed by atoms with Gasteiger partial charge in [0.1, 0.15) is 0 Å². The van der Waals surface area contributed by atoms with Crippen molar-refractivity contribution in [2.24, 2.45) is 0 Å². The van der Waals surface area contributed by atoms with Gasteiger partial charge in [0.15, 0.2) is 0 Å². The van der Waals surface area contributed by atoms with E-state index >= 15 is 0 Å². The second-order valence-electron chi connectivity index (χ2n) is 6.61. The van der Waals surface area contributed by atoms with E-state index in [2.05, 4.69) is 19.9 Å². The SMILES string of the molecule is CC(C)=CCP(C1CCCCC1)C1CCCCC1.[Cl][Ni][Cl]. The average Bonchev–Trinajstić information content (AvgIpc) is 2.50. The minimum absolute atomic E-state index is 0.294. The molecule has 4 heteroatoms. The van der Waals surface area contributed by atoms with E-state index in [1.54, 1.807) is 25.7 Å². The number of halogens is 2. The van der Waals surface area contributed by atoms with E-state index in [4.69, 9.17) is 20.4 Å². The van der Waals surface area contributed by atoms with Gasteiger partial charge in [-0.1, -0.05) is 58.1 Å². The molecule has 2 rings (SSSR count). The van der Waals surface area contributed by atoms with Gasteiger partial charge >= 0.3 is 33.0 Å². The van der Waals surface area contributed by atoms with Crippen LogP contribution < -0.4 is 0 Å². The van der Waals surface area contributed by atoms with Gasteiger partial charge in [-0.2, -0.15) is 0 Å². The van der Waals surface area contributed by atoms with E-state index in [1.165, 1.54) is 50.3 Å². The first-order valence-electron chi connectivity index (χ1n) is 8.40. The summed E-state index contributed by atoms with van der Waals surface area (Å²) in [5.41, 5.74) is 3.77. The van der Waals surface area contributed by atoms with Crippen LogP contribution >= 0.6 is 28.3 Å². The molecule has 0 unspecified atom stereocenters. The summed E-state index contributed by atoms with van der Waals surface area (Å²) in [7, 11) is 9.70. The van der Waals surface area contributed by atoms with Gasteiger partial charge in [0.2, 0.25) is 0 Å². The van der Waals surface area contributed by atoms with Crippen molar-refractivity contribution >= 4 is 28.3 Å². The molecule has 0 aromatic heterocycles. The first kappa shape index (κ1) is 20.3. The molecular formula is C17H31Cl2NiP. The van der Waals surface area contributed by atoms with Crippen molar-refractivity contribution in [3.63, 3.8) is 0 Å². The fraction of sp³-hybridized carbons (Fsp3) is 0.882. The zero-order valence-electron chi connectivity index (χ0n) is 13.5. The van der Waals surface area contributed by atoms with Gasteiger partial charge in [-0.15, -0.1) is 0 Å². The van der Waals surface area contributed by atoms with Crippen molar-refractivity contribution in [1.29, 1.82) is 0 Å². The Morgan fingerprint density at radius 3 is 1.62 bits per heavy atom. The van der Waals surface area contributed by atoms with E-state index in [9.17, 15) is 0 Å². The predicted octanol–water partition coefficient (Wildman–Crippen LogP) is 7.48. The maximum absolute atomic E-state index is 4.70. The fourth-order valence-corrected chi connectivity index (χ4v) is 7.54. The molecule has 21 heavy (non-hydrogen) atoms. The summed E-state index contributed by atoms with van der Waals surface area (Å²) < 4.78 is 0. The molecule has 0 aromatic rings. The normalized spacial score (nSPS) is 21.0. The number of rotatable bonds is 4. The Balaban J connectivity index is 0.000000677. The molecule has 2 fully saturated rings. The Hall–Kier alpha value is 1.24. The molecule has 0 heterocycles. The fourth-order valence-electron chi connectivity index (χ4n) is 3.71. The van der Waals surface area contributed by atoms with Crippen molar-refractivity contribution in [3.05, 3.63) is 11.6 Å². The topological polar surface area (TPSA) is 0 Å². The molecular weight excluding hydrogens is 365 g/mol. The van der Waals surface area contributed by atoms with Gasteiger partial charge in [0.05, 0.1) is 0 Å². The van der Waals surface area contributed by atoms with E-state index in [0.717, 1.165) is 11.3 Å². The van der Waals surface area contributed by atoms with Crippen LogP contribution in [0.2, 0.25) is 0 Å². The molecule has 2 aliphatic carbocycles. The molecule has 0 nitrogen and oxygen atoms in total. The first-order chi connectivity index (χ1) is 10.2. The third-order valence-electron chi connectivity index (χ3n) is 4.80. The van der Waals surface area contributed by atoms with Crippen LogP contribution in [0.4, 0.5) is 0 Å². The first-order valence-corrected chi connectivity index (χ1v) is 12.8. The van der Waals surface area contributed by atoms with Gasteiger partial charge in [-0.25, -0.2) is 0 Å². The summed E-state index contributed by atoms with van der Waals surface area (Å²) in [6.45, 7) is 4.55. The Morgan fingerprint density at radius 2 is 1.29 bits per heavy atom. The summed E-state index contributed by atoms with van der Waals surface area (Å²) in [6, 6.07) is 0. The van der Waals surface area contributed by atoms with Gasteiger partial charge in [0.25, 0.3) is 0 Å². The van der Waals surface area contributed by atoms with Crippen molar-refractivity contribution < 1.29 is 12.7 Å². The van der Waals surface area contributed by atoms with Crippen LogP contribution in [0.25, 0.3) is 0 Å². The Kier molecular flexibility index (Phi) is 12.2. The third-order valence-corrected chi connectivity index (χ3v) is 8.31. The Morgan fingerprint density at radius 1 is 0.905 bits per heavy atom. The van der Waals surface area contributed by atoms with E-state index in [0.29, 0.717) is 20.6 Å². The zero-order chi connectivity index (χ0) is 15.5. The quantitative estimate of drug-likeness (QED) is 0.263. The molecule has 0 saturated heterocycles. The molecule has 0 spiro atoms. The van der Waals surface area contributed by atoms with Crippen molar-refractivity contribution in [2.75, 3.05) is 6.16 Å². The summed E-state index contributed by atoms with van der Waals surface area (Å²) in [4.78, 5) is 0. The standard InChI is InChI=1S/C17H31P.2ClH.Ni/c1-15(2)13-14-18(16-9-5-3-6-10-16)17-11-7-4-8-12-17;;;/h13,16-17H,3-12,14H2,1-2H3;2*1H;/q;;;+2/p-2. The zero-order valence-corrected chi connectivity index (χ0v) is 16.9. The summed E-state index contributed by atoms with van der Waals surface area (Å²) in [5.74, 6) is 0. The van der Waals surface area contributed by atoms with Crippen LogP contribution in [0, 0.1) is 0 Å². The van der Waals surface area contributed by atoms with Crippen LogP contribution in [0.15, 0.2) is 11.6 Å². The molecule has 0 amide bonds. The Bertz CT molecular complexity index is 263. The second-order valence-corrected chi connectivity index (χ2v) is 11.1. The van der Waals surface area contributed by atoms with Crippen LogP contribution in [0.3, 0.4) is 0 Å². The molecule has 128 valence electrons.